The molecule has 3 aromatic heterocycles. The van der Waals surface area contributed by atoms with Crippen LogP contribution in [0.5, 0.6) is 0 Å². The Morgan fingerprint density at radius 3 is 2.74 bits per heavy atom. The van der Waals surface area contributed by atoms with E-state index in [1.54, 1.807) is 15.9 Å². The Bertz CT molecular complexity index is 1200. The van der Waals surface area contributed by atoms with Crippen LogP contribution in [0.15, 0.2) is 35.1 Å². The molecule has 1 aromatic carbocycles. The van der Waals surface area contributed by atoms with Gasteiger partial charge in [-0.3, -0.25) is 13.8 Å². The predicted octanol–water partition coefficient (Wildman–Crippen LogP) is 3.05. The Labute approximate surface area is 160 Å². The Balaban J connectivity index is 1.88. The molecule has 0 fully saturated rings. The van der Waals surface area contributed by atoms with Crippen LogP contribution in [-0.4, -0.2) is 19.2 Å². The number of nitrogens with zero attached hydrogens (tertiary/aromatic N) is 4. The van der Waals surface area contributed by atoms with Crippen molar-refractivity contribution in [3.05, 3.63) is 62.5 Å². The smallest absolute Gasteiger partial charge is 0.264 e. The van der Waals surface area contributed by atoms with Crippen molar-refractivity contribution in [3.8, 4) is 0 Å². The fraction of sp³-hybridized carbons (Fsp3) is 0.350. The van der Waals surface area contributed by atoms with Gasteiger partial charge in [-0.05, 0) is 43.7 Å². The molecule has 0 amide bonds. The highest BCUT2D eigenvalue weighted by Crippen LogP contribution is 2.35. The number of fused-ring (bicyclic) bond motifs is 5. The Hall–Kier alpha value is -2.51. The zero-order chi connectivity index (χ0) is 18.5. The second-order valence-corrected chi connectivity index (χ2v) is 8.33. The lowest BCUT2D eigenvalue weighted by Gasteiger charge is -2.12. The second-order valence-electron chi connectivity index (χ2n) is 7.25. The van der Waals surface area contributed by atoms with Crippen LogP contribution in [0.25, 0.3) is 16.0 Å². The molecule has 1 aliphatic carbocycles. The lowest BCUT2D eigenvalue weighted by Crippen LogP contribution is -2.25. The molecule has 7 heteroatoms. The first-order valence-electron chi connectivity index (χ1n) is 9.36. The van der Waals surface area contributed by atoms with Crippen LogP contribution < -0.4 is 11.3 Å². The second kappa shape index (κ2) is 6.28. The first kappa shape index (κ1) is 16.6. The molecule has 0 aliphatic heterocycles. The van der Waals surface area contributed by atoms with Gasteiger partial charge >= 0.3 is 0 Å². The number of rotatable bonds is 3. The van der Waals surface area contributed by atoms with Crippen LogP contribution >= 0.6 is 11.3 Å². The van der Waals surface area contributed by atoms with Crippen molar-refractivity contribution in [1.29, 1.82) is 0 Å². The van der Waals surface area contributed by atoms with Crippen LogP contribution in [0.2, 0.25) is 0 Å². The van der Waals surface area contributed by atoms with Crippen molar-refractivity contribution in [1.82, 2.24) is 19.2 Å². The van der Waals surface area contributed by atoms with Crippen molar-refractivity contribution in [2.45, 2.75) is 45.2 Å². The highest BCUT2D eigenvalue weighted by molar-refractivity contribution is 7.18. The summed E-state index contributed by atoms with van der Waals surface area (Å²) in [6.45, 7) is 2.38. The van der Waals surface area contributed by atoms with Gasteiger partial charge in [0.05, 0.1) is 18.0 Å². The van der Waals surface area contributed by atoms with Crippen molar-refractivity contribution in [2.75, 3.05) is 0 Å². The van der Waals surface area contributed by atoms with Crippen LogP contribution in [0.3, 0.4) is 0 Å². The maximum atomic E-state index is 13.5. The third kappa shape index (κ3) is 2.53. The molecule has 4 aromatic rings. The molecule has 1 atom stereocenters. The number of hydrogen-bond acceptors (Lipinski definition) is 5. The summed E-state index contributed by atoms with van der Waals surface area (Å²) in [5.41, 5.74) is 8.49. The molecular formula is C20H21N5OS. The first-order valence-corrected chi connectivity index (χ1v) is 10.2. The topological polar surface area (TPSA) is 78.2 Å². The third-order valence-corrected chi connectivity index (χ3v) is 6.60. The van der Waals surface area contributed by atoms with Gasteiger partial charge < -0.3 is 5.73 Å². The minimum Gasteiger partial charge on any atom is -0.322 e. The van der Waals surface area contributed by atoms with Crippen LogP contribution in [-0.2, 0) is 19.4 Å². The van der Waals surface area contributed by atoms with Gasteiger partial charge in [0.25, 0.3) is 5.56 Å². The van der Waals surface area contributed by atoms with Gasteiger partial charge in [0, 0.05) is 4.88 Å². The van der Waals surface area contributed by atoms with Crippen molar-refractivity contribution < 1.29 is 0 Å². The number of hydrogen-bond donors (Lipinski definition) is 1. The average Bonchev–Trinajstić information content (AvgIpc) is 3.27. The van der Waals surface area contributed by atoms with E-state index < -0.39 is 0 Å². The summed E-state index contributed by atoms with van der Waals surface area (Å²) in [6, 6.07) is 9.74. The molecule has 0 bridgehead atoms. The largest absolute Gasteiger partial charge is 0.322 e. The minimum absolute atomic E-state index is 0.0318. The van der Waals surface area contributed by atoms with E-state index in [1.165, 1.54) is 16.9 Å². The maximum Gasteiger partial charge on any atom is 0.264 e. The molecule has 27 heavy (non-hydrogen) atoms. The Morgan fingerprint density at radius 1 is 1.19 bits per heavy atom. The molecule has 3 heterocycles. The van der Waals surface area contributed by atoms with Crippen molar-refractivity contribution >= 4 is 27.3 Å². The quantitative estimate of drug-likeness (QED) is 0.593. The lowest BCUT2D eigenvalue weighted by molar-refractivity contribution is 0.697. The monoisotopic (exact) mass is 379 g/mol. The molecule has 0 spiro atoms. The van der Waals surface area contributed by atoms with Crippen molar-refractivity contribution in [3.63, 3.8) is 0 Å². The number of aromatic nitrogens is 4. The van der Waals surface area contributed by atoms with Crippen LogP contribution in [0.4, 0.5) is 0 Å². The van der Waals surface area contributed by atoms with E-state index >= 15 is 0 Å². The van der Waals surface area contributed by atoms with Gasteiger partial charge in [0.15, 0.2) is 5.82 Å². The van der Waals surface area contributed by atoms with E-state index in [0.29, 0.717) is 18.1 Å². The van der Waals surface area contributed by atoms with Gasteiger partial charge in [0.2, 0.25) is 5.78 Å². The Kier molecular flexibility index (Phi) is 3.87. The van der Waals surface area contributed by atoms with Gasteiger partial charge in [-0.25, -0.2) is 0 Å². The summed E-state index contributed by atoms with van der Waals surface area (Å²) in [5, 5.41) is 9.52. The van der Waals surface area contributed by atoms with Crippen LogP contribution in [0.1, 0.15) is 47.6 Å². The van der Waals surface area contributed by atoms with Crippen LogP contribution in [0, 0.1) is 0 Å². The molecule has 138 valence electrons. The standard InChI is InChI=1S/C20H21N5OS/c1-12(21)17-22-23-20-24(11-13-7-3-2-4-8-13)18(26)16-14-9-5-6-10-15(14)27-19(16)25(17)20/h2-4,7-8,12H,5-6,9-11,21H2,1H3. The Morgan fingerprint density at radius 2 is 1.96 bits per heavy atom. The molecule has 0 saturated carbocycles. The van der Waals surface area contributed by atoms with E-state index in [1.807, 2.05) is 41.7 Å². The molecule has 1 aliphatic rings. The van der Waals surface area contributed by atoms with E-state index in [0.717, 1.165) is 35.0 Å². The summed E-state index contributed by atoms with van der Waals surface area (Å²) in [5.74, 6) is 1.28. The SMILES string of the molecule is CC(N)c1nnc2n(Cc3ccccc3)c(=O)c3c4c(sc3n12)CCCC4. The fourth-order valence-electron chi connectivity index (χ4n) is 4.02. The highest BCUT2D eigenvalue weighted by Gasteiger charge is 2.25. The summed E-state index contributed by atoms with van der Waals surface area (Å²) in [7, 11) is 0. The van der Waals surface area contributed by atoms with E-state index in [-0.39, 0.29) is 11.6 Å². The normalized spacial score (nSPS) is 15.3. The first-order chi connectivity index (χ1) is 13.1. The zero-order valence-corrected chi connectivity index (χ0v) is 16.0. The highest BCUT2D eigenvalue weighted by atomic mass is 32.1. The lowest BCUT2D eigenvalue weighted by atomic mass is 9.97. The number of nitrogens with two attached hydrogens (primary N) is 1. The summed E-state index contributed by atoms with van der Waals surface area (Å²) in [4.78, 5) is 15.8. The molecule has 0 saturated heterocycles. The number of benzene rings is 1. The molecule has 6 nitrogen and oxygen atoms in total. The van der Waals surface area contributed by atoms with E-state index in [9.17, 15) is 4.79 Å². The fourth-order valence-corrected chi connectivity index (χ4v) is 5.40. The maximum absolute atomic E-state index is 13.5. The number of aryl methyl sites for hydroxylation is 2. The van der Waals surface area contributed by atoms with Crippen molar-refractivity contribution in [2.24, 2.45) is 5.73 Å². The van der Waals surface area contributed by atoms with E-state index in [2.05, 4.69) is 10.2 Å². The van der Waals surface area contributed by atoms with E-state index in [4.69, 9.17) is 5.73 Å². The predicted molar refractivity (Wildman–Crippen MR) is 107 cm³/mol. The van der Waals surface area contributed by atoms with Gasteiger partial charge in [-0.2, -0.15) is 0 Å². The molecule has 2 N–H and O–H groups in total. The van der Waals surface area contributed by atoms with Gasteiger partial charge in [0.1, 0.15) is 4.83 Å². The third-order valence-electron chi connectivity index (χ3n) is 5.32. The molecule has 1 unspecified atom stereocenters. The summed E-state index contributed by atoms with van der Waals surface area (Å²) in [6.07, 6.45) is 4.34. The molecule has 0 radical (unpaired) electrons. The van der Waals surface area contributed by atoms with Gasteiger partial charge in [-0.1, -0.05) is 30.3 Å². The minimum atomic E-state index is -0.259. The van der Waals surface area contributed by atoms with Gasteiger partial charge in [-0.15, -0.1) is 21.5 Å². The summed E-state index contributed by atoms with van der Waals surface area (Å²) >= 11 is 1.71. The zero-order valence-electron chi connectivity index (χ0n) is 15.2. The molecule has 5 rings (SSSR count). The number of thiophene rings is 1. The average molecular weight is 379 g/mol. The molecular weight excluding hydrogens is 358 g/mol. The summed E-state index contributed by atoms with van der Waals surface area (Å²) < 4.78 is 3.76.